The second-order valence-electron chi connectivity index (χ2n) is 8.09. The first-order valence-electron chi connectivity index (χ1n) is 11.0. The molecule has 1 amide bonds. The average Bonchev–Trinajstić information content (AvgIpc) is 3.26. The highest BCUT2D eigenvalue weighted by Gasteiger charge is 2.24. The number of rotatable bonds is 7. The maximum Gasteiger partial charge on any atom is 0.250 e. The summed E-state index contributed by atoms with van der Waals surface area (Å²) in [5.74, 6) is 0.941. The van der Waals surface area contributed by atoms with Crippen LogP contribution in [-0.2, 0) is 4.79 Å². The second kappa shape index (κ2) is 10.5. The van der Waals surface area contributed by atoms with Crippen LogP contribution in [0.3, 0.4) is 0 Å². The van der Waals surface area contributed by atoms with Crippen LogP contribution in [0.2, 0.25) is 0 Å². The number of aryl methyl sites for hydroxylation is 1. The highest BCUT2D eigenvalue weighted by Crippen LogP contribution is 2.35. The summed E-state index contributed by atoms with van der Waals surface area (Å²) in [6.07, 6.45) is 9.34. The van der Waals surface area contributed by atoms with Crippen LogP contribution in [0.15, 0.2) is 59.0 Å². The lowest BCUT2D eigenvalue weighted by atomic mass is 9.95. The molecule has 0 radical (unpaired) electrons. The molecule has 166 valence electrons. The van der Waals surface area contributed by atoms with Gasteiger partial charge in [-0.05, 0) is 38.8 Å². The molecule has 2 aromatic heterocycles. The molecule has 4 rings (SSSR count). The molecule has 2 heterocycles. The summed E-state index contributed by atoms with van der Waals surface area (Å²) in [5.41, 5.74) is 6.58. The molecule has 1 aromatic carbocycles. The number of benzene rings is 1. The summed E-state index contributed by atoms with van der Waals surface area (Å²) in [6.45, 7) is 3.94. The molecule has 1 N–H and O–H groups in total. The Morgan fingerprint density at radius 1 is 1.09 bits per heavy atom. The molecular weight excluding hydrogens is 420 g/mol. The second-order valence-corrected chi connectivity index (χ2v) is 9.03. The van der Waals surface area contributed by atoms with E-state index in [0.717, 1.165) is 40.7 Å². The Bertz CT molecular complexity index is 1070. The fourth-order valence-electron chi connectivity index (χ4n) is 3.91. The van der Waals surface area contributed by atoms with Gasteiger partial charge in [-0.25, -0.2) is 5.43 Å². The van der Waals surface area contributed by atoms with Crippen LogP contribution in [0.5, 0.6) is 0 Å². The van der Waals surface area contributed by atoms with Crippen molar-refractivity contribution in [3.63, 3.8) is 0 Å². The van der Waals surface area contributed by atoms with E-state index in [2.05, 4.69) is 61.5 Å². The molecule has 1 aliphatic rings. The summed E-state index contributed by atoms with van der Waals surface area (Å²) in [7, 11) is 0. The Morgan fingerprint density at radius 2 is 1.81 bits per heavy atom. The Morgan fingerprint density at radius 3 is 2.53 bits per heavy atom. The Labute approximate surface area is 192 Å². The van der Waals surface area contributed by atoms with Crippen LogP contribution < -0.4 is 5.43 Å². The summed E-state index contributed by atoms with van der Waals surface area (Å²) >= 11 is 1.41. The summed E-state index contributed by atoms with van der Waals surface area (Å²) in [6, 6.07) is 12.5. The SMILES string of the molecule is C/C(=N\NC(=O)CSc1nnc(-c2ccc(C)cc2)n1C1CCCCC1)c1ccncc1. The average molecular weight is 449 g/mol. The maximum atomic E-state index is 12.4. The van der Waals surface area contributed by atoms with Crippen molar-refractivity contribution >= 4 is 23.4 Å². The van der Waals surface area contributed by atoms with Crippen molar-refractivity contribution in [2.24, 2.45) is 5.10 Å². The van der Waals surface area contributed by atoms with Gasteiger partial charge in [0.15, 0.2) is 11.0 Å². The molecular formula is C24H28N6OS. The first kappa shape index (κ1) is 22.2. The quantitative estimate of drug-likeness (QED) is 0.319. The number of carbonyl (C=O) groups is 1. The molecule has 1 fully saturated rings. The lowest BCUT2D eigenvalue weighted by Crippen LogP contribution is -2.22. The molecule has 0 atom stereocenters. The number of nitrogens with one attached hydrogen (secondary N) is 1. The highest BCUT2D eigenvalue weighted by molar-refractivity contribution is 7.99. The zero-order valence-electron chi connectivity index (χ0n) is 18.5. The predicted octanol–water partition coefficient (Wildman–Crippen LogP) is 4.79. The fourth-order valence-corrected chi connectivity index (χ4v) is 4.71. The minimum absolute atomic E-state index is 0.168. The smallest absolute Gasteiger partial charge is 0.250 e. The van der Waals surface area contributed by atoms with Gasteiger partial charge in [-0.1, -0.05) is 60.9 Å². The zero-order valence-corrected chi connectivity index (χ0v) is 19.3. The van der Waals surface area contributed by atoms with Crippen LogP contribution in [0.1, 0.15) is 56.2 Å². The summed E-state index contributed by atoms with van der Waals surface area (Å²) < 4.78 is 2.24. The van der Waals surface area contributed by atoms with Gasteiger partial charge >= 0.3 is 0 Å². The van der Waals surface area contributed by atoms with E-state index in [-0.39, 0.29) is 11.7 Å². The van der Waals surface area contributed by atoms with Crippen molar-refractivity contribution < 1.29 is 4.79 Å². The monoisotopic (exact) mass is 448 g/mol. The van der Waals surface area contributed by atoms with Crippen molar-refractivity contribution in [1.82, 2.24) is 25.2 Å². The van der Waals surface area contributed by atoms with Crippen LogP contribution in [0.25, 0.3) is 11.4 Å². The number of aromatic nitrogens is 4. The molecule has 0 unspecified atom stereocenters. The van der Waals surface area contributed by atoms with E-state index < -0.39 is 0 Å². The van der Waals surface area contributed by atoms with Crippen molar-refractivity contribution in [3.05, 3.63) is 59.9 Å². The van der Waals surface area contributed by atoms with Crippen LogP contribution >= 0.6 is 11.8 Å². The van der Waals surface area contributed by atoms with Gasteiger partial charge in [0, 0.05) is 29.6 Å². The van der Waals surface area contributed by atoms with Crippen LogP contribution in [-0.4, -0.2) is 37.1 Å². The minimum atomic E-state index is -0.168. The van der Waals surface area contributed by atoms with Crippen molar-refractivity contribution in [3.8, 4) is 11.4 Å². The third-order valence-corrected chi connectivity index (χ3v) is 6.64. The van der Waals surface area contributed by atoms with Crippen LogP contribution in [0.4, 0.5) is 0 Å². The number of pyridine rings is 1. The van der Waals surface area contributed by atoms with E-state index in [1.165, 1.54) is 36.6 Å². The van der Waals surface area contributed by atoms with E-state index in [4.69, 9.17) is 0 Å². The number of amides is 1. The Kier molecular flexibility index (Phi) is 7.32. The van der Waals surface area contributed by atoms with Crippen molar-refractivity contribution in [1.29, 1.82) is 0 Å². The Hall–Kier alpha value is -3.00. The largest absolute Gasteiger partial charge is 0.299 e. The van der Waals surface area contributed by atoms with Gasteiger partial charge in [-0.2, -0.15) is 5.10 Å². The number of thioether (sulfide) groups is 1. The molecule has 1 aliphatic carbocycles. The summed E-state index contributed by atoms with van der Waals surface area (Å²) in [4.78, 5) is 16.4. The van der Waals surface area contributed by atoms with Gasteiger partial charge in [0.05, 0.1) is 11.5 Å². The molecule has 32 heavy (non-hydrogen) atoms. The Balaban J connectivity index is 1.48. The van der Waals surface area contributed by atoms with Crippen LogP contribution in [0, 0.1) is 6.92 Å². The molecule has 1 saturated carbocycles. The van der Waals surface area contributed by atoms with E-state index >= 15 is 0 Å². The van der Waals surface area contributed by atoms with Gasteiger partial charge in [-0.3, -0.25) is 14.3 Å². The standard InChI is InChI=1S/C24H28N6OS/c1-17-8-10-20(11-9-17)23-28-29-24(30(23)21-6-4-3-5-7-21)32-16-22(31)27-26-18(2)19-12-14-25-15-13-19/h8-15,21H,3-7,16H2,1-2H3,(H,27,31)/b26-18+. The highest BCUT2D eigenvalue weighted by atomic mass is 32.2. The van der Waals surface area contributed by atoms with E-state index in [1.807, 2.05) is 19.1 Å². The molecule has 0 bridgehead atoms. The van der Waals surface area contributed by atoms with Gasteiger partial charge in [0.25, 0.3) is 5.91 Å². The number of hydrogen-bond acceptors (Lipinski definition) is 6. The molecule has 3 aromatic rings. The summed E-state index contributed by atoms with van der Waals surface area (Å²) in [5, 5.41) is 14.0. The topological polar surface area (TPSA) is 85.1 Å². The lowest BCUT2D eigenvalue weighted by molar-refractivity contribution is -0.118. The number of carbonyl (C=O) groups excluding carboxylic acids is 1. The van der Waals surface area contributed by atoms with E-state index in [9.17, 15) is 4.79 Å². The third-order valence-electron chi connectivity index (χ3n) is 5.69. The van der Waals surface area contributed by atoms with E-state index in [0.29, 0.717) is 6.04 Å². The number of nitrogens with zero attached hydrogens (tertiary/aromatic N) is 5. The molecule has 7 nitrogen and oxygen atoms in total. The zero-order chi connectivity index (χ0) is 22.3. The fraction of sp³-hybridized carbons (Fsp3) is 0.375. The normalized spacial score (nSPS) is 15.0. The number of hydrazone groups is 1. The van der Waals surface area contributed by atoms with Gasteiger partial charge in [0.1, 0.15) is 0 Å². The van der Waals surface area contributed by atoms with E-state index in [1.54, 1.807) is 12.4 Å². The van der Waals surface area contributed by atoms with Gasteiger partial charge in [-0.15, -0.1) is 10.2 Å². The first-order chi connectivity index (χ1) is 15.6. The lowest BCUT2D eigenvalue weighted by Gasteiger charge is -2.25. The molecule has 0 aliphatic heterocycles. The molecule has 8 heteroatoms. The predicted molar refractivity (Wildman–Crippen MR) is 128 cm³/mol. The minimum Gasteiger partial charge on any atom is -0.299 e. The molecule has 0 saturated heterocycles. The molecule has 0 spiro atoms. The third kappa shape index (κ3) is 5.43. The maximum absolute atomic E-state index is 12.4. The van der Waals surface area contributed by atoms with Gasteiger partial charge < -0.3 is 0 Å². The van der Waals surface area contributed by atoms with Crippen molar-refractivity contribution in [2.75, 3.05) is 5.75 Å². The number of hydrogen-bond donors (Lipinski definition) is 1. The van der Waals surface area contributed by atoms with Crippen molar-refractivity contribution in [2.45, 2.75) is 57.1 Å². The van der Waals surface area contributed by atoms with Gasteiger partial charge in [0.2, 0.25) is 0 Å². The first-order valence-corrected chi connectivity index (χ1v) is 12.0.